The monoisotopic (exact) mass is 309 g/mol. The van der Waals surface area contributed by atoms with E-state index in [1.807, 2.05) is 39.0 Å². The van der Waals surface area contributed by atoms with Gasteiger partial charge in [-0.3, -0.25) is 9.69 Å². The lowest BCUT2D eigenvalue weighted by Gasteiger charge is -2.32. The summed E-state index contributed by atoms with van der Waals surface area (Å²) < 4.78 is 0. The summed E-state index contributed by atoms with van der Waals surface area (Å²) in [5, 5.41) is 0.728. The number of rotatable bonds is 8. The molecular formula is C17H24ClNO2. The zero-order valence-electron chi connectivity index (χ0n) is 13.2. The Labute approximate surface area is 132 Å². The summed E-state index contributed by atoms with van der Waals surface area (Å²) in [6.07, 6.45) is 1.32. The predicted molar refractivity (Wildman–Crippen MR) is 86.6 cm³/mol. The molecule has 0 saturated carbocycles. The molecule has 0 bridgehead atoms. The van der Waals surface area contributed by atoms with Gasteiger partial charge in [-0.05, 0) is 37.0 Å². The first-order chi connectivity index (χ1) is 9.88. The fourth-order valence-corrected chi connectivity index (χ4v) is 2.92. The highest BCUT2D eigenvalue weighted by atomic mass is 35.5. The van der Waals surface area contributed by atoms with Crippen LogP contribution in [0.5, 0.6) is 0 Å². The van der Waals surface area contributed by atoms with Crippen LogP contribution in [0.4, 0.5) is 0 Å². The van der Waals surface area contributed by atoms with E-state index in [1.54, 1.807) is 6.92 Å². The Morgan fingerprint density at radius 1 is 1.38 bits per heavy atom. The lowest BCUT2D eigenvalue weighted by atomic mass is 9.97. The van der Waals surface area contributed by atoms with Gasteiger partial charge < -0.3 is 4.79 Å². The first-order valence-corrected chi connectivity index (χ1v) is 7.68. The third-order valence-corrected chi connectivity index (χ3v) is 4.14. The van der Waals surface area contributed by atoms with E-state index in [9.17, 15) is 9.59 Å². The maximum absolute atomic E-state index is 12.0. The second kappa shape index (κ2) is 8.30. The summed E-state index contributed by atoms with van der Waals surface area (Å²) >= 11 is 6.16. The van der Waals surface area contributed by atoms with Gasteiger partial charge in [0, 0.05) is 24.5 Å². The summed E-state index contributed by atoms with van der Waals surface area (Å²) in [6.45, 7) is 8.87. The number of hydrogen-bond donors (Lipinski definition) is 0. The Hall–Kier alpha value is -1.19. The molecule has 0 aliphatic heterocycles. The van der Waals surface area contributed by atoms with E-state index in [4.69, 9.17) is 11.6 Å². The van der Waals surface area contributed by atoms with Crippen LogP contribution < -0.4 is 0 Å². The number of carbonyl (C=O) groups excluding carboxylic acids is 2. The Morgan fingerprint density at radius 3 is 2.57 bits per heavy atom. The van der Waals surface area contributed by atoms with Gasteiger partial charge in [-0.1, -0.05) is 37.6 Å². The van der Waals surface area contributed by atoms with Gasteiger partial charge in [-0.2, -0.15) is 0 Å². The predicted octanol–water partition coefficient (Wildman–Crippen LogP) is 3.65. The van der Waals surface area contributed by atoms with E-state index in [0.29, 0.717) is 19.5 Å². The van der Waals surface area contributed by atoms with Gasteiger partial charge in [0.25, 0.3) is 0 Å². The van der Waals surface area contributed by atoms with Crippen molar-refractivity contribution in [3.8, 4) is 0 Å². The van der Waals surface area contributed by atoms with E-state index >= 15 is 0 Å². The molecule has 0 saturated heterocycles. The summed E-state index contributed by atoms with van der Waals surface area (Å²) in [5.41, 5.74) is 2.13. The van der Waals surface area contributed by atoms with Crippen LogP contribution in [0.1, 0.15) is 38.3 Å². The van der Waals surface area contributed by atoms with E-state index in [2.05, 4.69) is 4.90 Å². The van der Waals surface area contributed by atoms with Crippen molar-refractivity contribution in [2.24, 2.45) is 5.92 Å². The van der Waals surface area contributed by atoms with Crippen molar-refractivity contribution in [3.05, 3.63) is 34.3 Å². The zero-order chi connectivity index (χ0) is 16.0. The number of ketones is 1. The van der Waals surface area contributed by atoms with Crippen LogP contribution >= 0.6 is 11.6 Å². The topological polar surface area (TPSA) is 37.4 Å². The van der Waals surface area contributed by atoms with Gasteiger partial charge >= 0.3 is 0 Å². The normalized spacial score (nSPS) is 12.7. The molecule has 0 aromatic heterocycles. The third kappa shape index (κ3) is 4.94. The van der Waals surface area contributed by atoms with Crippen LogP contribution in [0.25, 0.3) is 0 Å². The summed E-state index contributed by atoms with van der Waals surface area (Å²) in [4.78, 5) is 24.8. The molecule has 0 aliphatic rings. The molecule has 1 unspecified atom stereocenters. The van der Waals surface area contributed by atoms with E-state index in [0.717, 1.165) is 22.4 Å². The van der Waals surface area contributed by atoms with E-state index in [-0.39, 0.29) is 17.7 Å². The van der Waals surface area contributed by atoms with Crippen LogP contribution in [0, 0.1) is 12.8 Å². The molecule has 0 radical (unpaired) electrons. The average molecular weight is 310 g/mol. The molecule has 4 heteroatoms. The minimum atomic E-state index is -0.177. The van der Waals surface area contributed by atoms with Gasteiger partial charge in [0.2, 0.25) is 0 Å². The quantitative estimate of drug-likeness (QED) is 0.688. The second-order valence-electron chi connectivity index (χ2n) is 5.75. The largest absolute Gasteiger partial charge is 0.303 e. The van der Waals surface area contributed by atoms with E-state index < -0.39 is 0 Å². The fourth-order valence-electron chi connectivity index (χ4n) is 2.73. The maximum Gasteiger partial charge on any atom is 0.147 e. The number of aldehydes is 1. The molecule has 0 amide bonds. The van der Waals surface area contributed by atoms with Gasteiger partial charge in [-0.25, -0.2) is 0 Å². The molecule has 1 aromatic rings. The number of halogens is 1. The number of nitrogens with zero attached hydrogens (tertiary/aromatic N) is 1. The molecular weight excluding hydrogens is 286 g/mol. The second-order valence-corrected chi connectivity index (χ2v) is 6.16. The maximum atomic E-state index is 12.0. The Balaban J connectivity index is 3.04. The molecule has 1 aromatic carbocycles. The summed E-state index contributed by atoms with van der Waals surface area (Å²) in [5.74, 6) is 0.337. The highest BCUT2D eigenvalue weighted by molar-refractivity contribution is 6.31. The number of Topliss-reactive ketones (excluding diaryl/α,β-unsaturated/α-hetero) is 1. The van der Waals surface area contributed by atoms with Gasteiger partial charge in [0.15, 0.2) is 0 Å². The lowest BCUT2D eigenvalue weighted by molar-refractivity contribution is -0.124. The van der Waals surface area contributed by atoms with Crippen molar-refractivity contribution < 1.29 is 9.59 Å². The van der Waals surface area contributed by atoms with Crippen molar-refractivity contribution in [2.45, 2.75) is 46.7 Å². The Morgan fingerprint density at radius 2 is 2.05 bits per heavy atom. The Bertz CT molecular complexity index is 500. The van der Waals surface area contributed by atoms with Gasteiger partial charge in [0.05, 0.1) is 6.04 Å². The van der Waals surface area contributed by atoms with E-state index in [1.165, 1.54) is 0 Å². The lowest BCUT2D eigenvalue weighted by Crippen LogP contribution is -2.44. The molecule has 1 atom stereocenters. The van der Waals surface area contributed by atoms with Crippen molar-refractivity contribution in [2.75, 3.05) is 6.54 Å². The summed E-state index contributed by atoms with van der Waals surface area (Å²) in [6, 6.07) is 5.62. The van der Waals surface area contributed by atoms with Crippen LogP contribution in [0.2, 0.25) is 5.02 Å². The average Bonchev–Trinajstić information content (AvgIpc) is 2.40. The SMILES string of the molecule is CC(=O)C(C(C)C)N(CCC=O)Cc1cccc(Cl)c1C. The van der Waals surface area contributed by atoms with Crippen molar-refractivity contribution in [1.82, 2.24) is 4.90 Å². The van der Waals surface area contributed by atoms with Crippen molar-refractivity contribution in [3.63, 3.8) is 0 Å². The van der Waals surface area contributed by atoms with Gasteiger partial charge in [-0.15, -0.1) is 0 Å². The molecule has 21 heavy (non-hydrogen) atoms. The van der Waals surface area contributed by atoms with Crippen LogP contribution in [-0.2, 0) is 16.1 Å². The van der Waals surface area contributed by atoms with Crippen LogP contribution in [0.15, 0.2) is 18.2 Å². The first-order valence-electron chi connectivity index (χ1n) is 7.30. The fraction of sp³-hybridized carbons (Fsp3) is 0.529. The molecule has 0 N–H and O–H groups in total. The van der Waals surface area contributed by atoms with Gasteiger partial charge in [0.1, 0.15) is 12.1 Å². The molecule has 0 heterocycles. The molecule has 1 rings (SSSR count). The minimum absolute atomic E-state index is 0.135. The molecule has 3 nitrogen and oxygen atoms in total. The number of carbonyl (C=O) groups is 2. The minimum Gasteiger partial charge on any atom is -0.303 e. The molecule has 116 valence electrons. The highest BCUT2D eigenvalue weighted by Crippen LogP contribution is 2.22. The Kier molecular flexibility index (Phi) is 7.06. The molecule has 0 fully saturated rings. The standard InChI is InChI=1S/C17H24ClNO2/c1-12(2)17(14(4)21)19(9-6-10-20)11-15-7-5-8-16(18)13(15)3/h5,7-8,10,12,17H,6,9,11H2,1-4H3. The number of hydrogen-bond acceptors (Lipinski definition) is 3. The van der Waals surface area contributed by atoms with Crippen LogP contribution in [0.3, 0.4) is 0 Å². The first kappa shape index (κ1) is 17.9. The highest BCUT2D eigenvalue weighted by Gasteiger charge is 2.26. The van der Waals surface area contributed by atoms with Crippen molar-refractivity contribution in [1.29, 1.82) is 0 Å². The number of benzene rings is 1. The van der Waals surface area contributed by atoms with Crippen LogP contribution in [-0.4, -0.2) is 29.6 Å². The molecule has 0 aliphatic carbocycles. The smallest absolute Gasteiger partial charge is 0.147 e. The zero-order valence-corrected chi connectivity index (χ0v) is 14.0. The van der Waals surface area contributed by atoms with Crippen molar-refractivity contribution >= 4 is 23.7 Å². The summed E-state index contributed by atoms with van der Waals surface area (Å²) in [7, 11) is 0. The molecule has 0 spiro atoms. The third-order valence-electron chi connectivity index (χ3n) is 3.73.